The van der Waals surface area contributed by atoms with E-state index in [4.69, 9.17) is 0 Å². The number of aromatic amines is 2. The van der Waals surface area contributed by atoms with Gasteiger partial charge in [0.15, 0.2) is 0 Å². The highest BCUT2D eigenvalue weighted by molar-refractivity contribution is 5.93. The van der Waals surface area contributed by atoms with Gasteiger partial charge in [0.25, 0.3) is 11.5 Å². The smallest absolute Gasteiger partial charge is 0.263 e. The van der Waals surface area contributed by atoms with Crippen molar-refractivity contribution in [3.63, 3.8) is 0 Å². The molecule has 1 amide bonds. The van der Waals surface area contributed by atoms with Gasteiger partial charge in [-0.25, -0.2) is 14.6 Å². The van der Waals surface area contributed by atoms with Gasteiger partial charge in [0.1, 0.15) is 30.6 Å². The fourth-order valence-electron chi connectivity index (χ4n) is 2.39. The van der Waals surface area contributed by atoms with E-state index in [1.165, 1.54) is 23.5 Å². The molecule has 0 unspecified atom stereocenters. The van der Waals surface area contributed by atoms with E-state index in [1.807, 2.05) is 19.9 Å². The molecular formula is C15H18N8O2. The first-order chi connectivity index (χ1) is 12.0. The molecule has 0 fully saturated rings. The van der Waals surface area contributed by atoms with Crippen molar-refractivity contribution in [1.29, 1.82) is 0 Å². The first kappa shape index (κ1) is 16.6. The summed E-state index contributed by atoms with van der Waals surface area (Å²) >= 11 is 0. The highest BCUT2D eigenvalue weighted by Crippen LogP contribution is 2.02. The van der Waals surface area contributed by atoms with E-state index in [1.54, 1.807) is 0 Å². The summed E-state index contributed by atoms with van der Waals surface area (Å²) in [6, 6.07) is 1.74. The molecule has 3 N–H and O–H groups in total. The van der Waals surface area contributed by atoms with E-state index in [9.17, 15) is 9.59 Å². The lowest BCUT2D eigenvalue weighted by atomic mass is 10.1. The van der Waals surface area contributed by atoms with Crippen molar-refractivity contribution in [1.82, 2.24) is 40.2 Å². The van der Waals surface area contributed by atoms with Gasteiger partial charge < -0.3 is 10.3 Å². The third-order valence-corrected chi connectivity index (χ3v) is 3.53. The first-order valence-corrected chi connectivity index (χ1v) is 7.73. The minimum atomic E-state index is -0.495. The van der Waals surface area contributed by atoms with E-state index in [2.05, 4.69) is 35.6 Å². The number of aryl methyl sites for hydroxylation is 1. The summed E-state index contributed by atoms with van der Waals surface area (Å²) < 4.78 is 1.52. The van der Waals surface area contributed by atoms with Crippen LogP contribution in [-0.2, 0) is 13.0 Å². The van der Waals surface area contributed by atoms with Crippen LogP contribution < -0.4 is 10.9 Å². The SMILES string of the molecule is Cc1cc(C[C@@H](C)NC(=O)c2cnc(Cn3cncn3)[nH]c2=O)n[nH]1. The van der Waals surface area contributed by atoms with E-state index >= 15 is 0 Å². The zero-order valence-electron chi connectivity index (χ0n) is 13.9. The van der Waals surface area contributed by atoms with Gasteiger partial charge in [-0.2, -0.15) is 10.2 Å². The molecule has 0 saturated heterocycles. The maximum Gasteiger partial charge on any atom is 0.263 e. The molecule has 0 saturated carbocycles. The van der Waals surface area contributed by atoms with Crippen LogP contribution in [0.15, 0.2) is 29.7 Å². The number of hydrogen-bond acceptors (Lipinski definition) is 6. The largest absolute Gasteiger partial charge is 0.349 e. The number of rotatable bonds is 6. The summed E-state index contributed by atoms with van der Waals surface area (Å²) in [7, 11) is 0. The molecule has 0 aliphatic rings. The van der Waals surface area contributed by atoms with Crippen LogP contribution in [0.5, 0.6) is 0 Å². The van der Waals surface area contributed by atoms with Crippen molar-refractivity contribution in [2.24, 2.45) is 0 Å². The fraction of sp³-hybridized carbons (Fsp3) is 0.333. The normalized spacial score (nSPS) is 12.1. The third-order valence-electron chi connectivity index (χ3n) is 3.53. The van der Waals surface area contributed by atoms with Gasteiger partial charge in [0.05, 0.1) is 5.69 Å². The lowest BCUT2D eigenvalue weighted by molar-refractivity contribution is 0.0938. The van der Waals surface area contributed by atoms with Crippen LogP contribution in [0.2, 0.25) is 0 Å². The molecule has 0 aliphatic heterocycles. The molecule has 0 radical (unpaired) electrons. The lowest BCUT2D eigenvalue weighted by Crippen LogP contribution is -2.37. The van der Waals surface area contributed by atoms with Crippen molar-refractivity contribution in [2.75, 3.05) is 0 Å². The topological polar surface area (TPSA) is 134 Å². The summed E-state index contributed by atoms with van der Waals surface area (Å²) in [4.78, 5) is 34.9. The van der Waals surface area contributed by atoms with Crippen molar-refractivity contribution in [3.8, 4) is 0 Å². The molecule has 10 heteroatoms. The zero-order chi connectivity index (χ0) is 17.8. The van der Waals surface area contributed by atoms with Crippen molar-refractivity contribution >= 4 is 5.91 Å². The van der Waals surface area contributed by atoms with Crippen molar-refractivity contribution in [3.05, 3.63) is 58.0 Å². The first-order valence-electron chi connectivity index (χ1n) is 7.73. The second-order valence-corrected chi connectivity index (χ2v) is 5.79. The molecule has 1 atom stereocenters. The summed E-state index contributed by atoms with van der Waals surface area (Å²) in [5.74, 6) is -0.0760. The average Bonchev–Trinajstić information content (AvgIpc) is 3.19. The Bertz CT molecular complexity index is 912. The van der Waals surface area contributed by atoms with Crippen LogP contribution in [-0.4, -0.2) is 46.9 Å². The molecular weight excluding hydrogens is 324 g/mol. The van der Waals surface area contributed by atoms with Crippen LogP contribution >= 0.6 is 0 Å². The molecule has 0 aliphatic carbocycles. The van der Waals surface area contributed by atoms with E-state index < -0.39 is 11.5 Å². The Kier molecular flexibility index (Phi) is 4.68. The number of nitrogens with one attached hydrogen (secondary N) is 3. The van der Waals surface area contributed by atoms with Gasteiger partial charge in [-0.15, -0.1) is 0 Å². The third kappa shape index (κ3) is 4.16. The molecule has 0 spiro atoms. The average molecular weight is 342 g/mol. The van der Waals surface area contributed by atoms with Gasteiger partial charge in [-0.1, -0.05) is 0 Å². The predicted molar refractivity (Wildman–Crippen MR) is 87.9 cm³/mol. The van der Waals surface area contributed by atoms with Gasteiger partial charge in [0.2, 0.25) is 0 Å². The Morgan fingerprint density at radius 2 is 2.28 bits per heavy atom. The Hall–Kier alpha value is -3.30. The molecule has 0 aromatic carbocycles. The number of carbonyl (C=O) groups is 1. The zero-order valence-corrected chi connectivity index (χ0v) is 13.9. The number of amides is 1. The maximum atomic E-state index is 12.3. The molecule has 3 heterocycles. The standard InChI is InChI=1S/C15H18N8O2/c1-9(3-11-4-10(2)21-22-11)19-14(24)12-5-17-13(20-15(12)25)6-23-8-16-7-18-23/h4-5,7-9H,3,6H2,1-2H3,(H,19,24)(H,21,22)(H,17,20,25)/t9-/m1/s1. The summed E-state index contributed by atoms with van der Waals surface area (Å²) in [5.41, 5.74) is 1.27. The molecule has 3 aromatic rings. The molecule has 25 heavy (non-hydrogen) atoms. The predicted octanol–water partition coefficient (Wildman–Crippen LogP) is -0.198. The second kappa shape index (κ2) is 7.07. The van der Waals surface area contributed by atoms with Crippen LogP contribution in [0.4, 0.5) is 0 Å². The molecule has 0 bridgehead atoms. The van der Waals surface area contributed by atoms with Crippen LogP contribution in [0.3, 0.4) is 0 Å². The van der Waals surface area contributed by atoms with E-state index in [0.29, 0.717) is 12.2 Å². The van der Waals surface area contributed by atoms with Gasteiger partial charge in [0, 0.05) is 24.4 Å². The highest BCUT2D eigenvalue weighted by Gasteiger charge is 2.15. The van der Waals surface area contributed by atoms with Crippen LogP contribution in [0.1, 0.15) is 34.5 Å². The minimum absolute atomic E-state index is 0.0348. The molecule has 3 rings (SSSR count). The molecule has 130 valence electrons. The molecule has 10 nitrogen and oxygen atoms in total. The number of nitrogens with zero attached hydrogens (tertiary/aromatic N) is 5. The fourth-order valence-corrected chi connectivity index (χ4v) is 2.39. The quantitative estimate of drug-likeness (QED) is 0.568. The summed E-state index contributed by atoms with van der Waals surface area (Å²) in [6.45, 7) is 4.03. The summed E-state index contributed by atoms with van der Waals surface area (Å²) in [5, 5.41) is 13.7. The number of hydrogen-bond donors (Lipinski definition) is 3. The van der Waals surface area contributed by atoms with Gasteiger partial charge >= 0.3 is 0 Å². The minimum Gasteiger partial charge on any atom is -0.349 e. The number of carbonyl (C=O) groups excluding carboxylic acids is 1. The Morgan fingerprint density at radius 3 is 2.92 bits per heavy atom. The van der Waals surface area contributed by atoms with Gasteiger partial charge in [-0.05, 0) is 19.9 Å². The van der Waals surface area contributed by atoms with Gasteiger partial charge in [-0.3, -0.25) is 14.7 Å². The summed E-state index contributed by atoms with van der Waals surface area (Å²) in [6.07, 6.45) is 4.73. The van der Waals surface area contributed by atoms with E-state index in [-0.39, 0.29) is 18.2 Å². The lowest BCUT2D eigenvalue weighted by Gasteiger charge is -2.12. The maximum absolute atomic E-state index is 12.3. The monoisotopic (exact) mass is 342 g/mol. The Balaban J connectivity index is 1.64. The Morgan fingerprint density at radius 1 is 1.44 bits per heavy atom. The van der Waals surface area contributed by atoms with Crippen LogP contribution in [0.25, 0.3) is 0 Å². The molecule has 3 aromatic heterocycles. The highest BCUT2D eigenvalue weighted by atomic mass is 16.2. The van der Waals surface area contributed by atoms with Crippen molar-refractivity contribution in [2.45, 2.75) is 32.9 Å². The van der Waals surface area contributed by atoms with Crippen LogP contribution in [0, 0.1) is 6.92 Å². The number of H-pyrrole nitrogens is 2. The second-order valence-electron chi connectivity index (χ2n) is 5.79. The van der Waals surface area contributed by atoms with Crippen molar-refractivity contribution < 1.29 is 4.79 Å². The Labute approximate surface area is 142 Å². The number of aromatic nitrogens is 7. The van der Waals surface area contributed by atoms with E-state index in [0.717, 1.165) is 11.4 Å².